The van der Waals surface area contributed by atoms with Gasteiger partial charge in [0.2, 0.25) is 0 Å². The Bertz CT molecular complexity index is 316. The SMILES string of the molecule is O=C(O)C(c1cocn1)C1CCOCC1. The Morgan fingerprint density at radius 3 is 2.80 bits per heavy atom. The molecule has 0 bridgehead atoms. The lowest BCUT2D eigenvalue weighted by molar-refractivity contribution is -0.141. The first-order valence-electron chi connectivity index (χ1n) is 4.97. The molecule has 1 aliphatic heterocycles. The Morgan fingerprint density at radius 1 is 1.53 bits per heavy atom. The van der Waals surface area contributed by atoms with E-state index in [2.05, 4.69) is 4.98 Å². The Morgan fingerprint density at radius 2 is 2.27 bits per heavy atom. The molecule has 1 atom stereocenters. The van der Waals surface area contributed by atoms with E-state index in [0.29, 0.717) is 18.9 Å². The molecule has 1 N–H and O–H groups in total. The third kappa shape index (κ3) is 2.18. The summed E-state index contributed by atoms with van der Waals surface area (Å²) < 4.78 is 10.0. The van der Waals surface area contributed by atoms with Gasteiger partial charge in [-0.1, -0.05) is 0 Å². The molecule has 15 heavy (non-hydrogen) atoms. The second-order valence-electron chi connectivity index (χ2n) is 3.68. The van der Waals surface area contributed by atoms with Crippen molar-refractivity contribution in [1.82, 2.24) is 4.98 Å². The lowest BCUT2D eigenvalue weighted by Crippen LogP contribution is -2.27. The number of oxazole rings is 1. The van der Waals surface area contributed by atoms with Crippen molar-refractivity contribution >= 4 is 5.97 Å². The van der Waals surface area contributed by atoms with Gasteiger partial charge in [-0.25, -0.2) is 4.98 Å². The van der Waals surface area contributed by atoms with Crippen LogP contribution in [0, 0.1) is 5.92 Å². The van der Waals surface area contributed by atoms with Crippen LogP contribution < -0.4 is 0 Å². The third-order valence-corrected chi connectivity index (χ3v) is 2.77. The normalized spacial score (nSPS) is 20.0. The van der Waals surface area contributed by atoms with Crippen LogP contribution in [0.2, 0.25) is 0 Å². The Hall–Kier alpha value is -1.36. The molecule has 1 fully saturated rings. The Balaban J connectivity index is 2.15. The Labute approximate surface area is 87.1 Å². The molecule has 2 rings (SSSR count). The number of carboxylic acid groups (broad SMARTS) is 1. The van der Waals surface area contributed by atoms with Gasteiger partial charge in [0, 0.05) is 13.2 Å². The highest BCUT2D eigenvalue weighted by Crippen LogP contribution is 2.31. The van der Waals surface area contributed by atoms with E-state index in [0.717, 1.165) is 12.8 Å². The molecule has 1 aromatic rings. The first-order valence-corrected chi connectivity index (χ1v) is 4.97. The quantitative estimate of drug-likeness (QED) is 0.815. The number of aromatic nitrogens is 1. The van der Waals surface area contributed by atoms with E-state index in [1.807, 2.05) is 0 Å². The van der Waals surface area contributed by atoms with E-state index in [-0.39, 0.29) is 5.92 Å². The molecule has 0 amide bonds. The molecule has 1 aliphatic rings. The number of nitrogens with zero attached hydrogens (tertiary/aromatic N) is 1. The molecule has 1 unspecified atom stereocenters. The van der Waals surface area contributed by atoms with Crippen molar-refractivity contribution in [2.75, 3.05) is 13.2 Å². The molecule has 82 valence electrons. The number of hydrogen-bond acceptors (Lipinski definition) is 4. The average molecular weight is 211 g/mol. The predicted octanol–water partition coefficient (Wildman–Crippen LogP) is 1.27. The lowest BCUT2D eigenvalue weighted by atomic mass is 9.84. The van der Waals surface area contributed by atoms with Crippen LogP contribution in [0.4, 0.5) is 0 Å². The van der Waals surface area contributed by atoms with Crippen LogP contribution in [0.3, 0.4) is 0 Å². The van der Waals surface area contributed by atoms with Gasteiger partial charge in [-0.3, -0.25) is 4.79 Å². The van der Waals surface area contributed by atoms with Crippen LogP contribution in [0.15, 0.2) is 17.1 Å². The van der Waals surface area contributed by atoms with Gasteiger partial charge in [0.05, 0.1) is 5.69 Å². The zero-order valence-corrected chi connectivity index (χ0v) is 8.26. The molecule has 0 saturated carbocycles. The minimum atomic E-state index is -0.837. The molecular weight excluding hydrogens is 198 g/mol. The summed E-state index contributed by atoms with van der Waals surface area (Å²) in [6.07, 6.45) is 4.21. The molecule has 2 heterocycles. The summed E-state index contributed by atoms with van der Waals surface area (Å²) in [5.41, 5.74) is 0.509. The third-order valence-electron chi connectivity index (χ3n) is 2.77. The Kier molecular flexibility index (Phi) is 3.01. The standard InChI is InChI=1S/C10H13NO4/c12-10(13)9(8-5-15-6-11-8)7-1-3-14-4-2-7/h5-7,9H,1-4H2,(H,12,13). The minimum absolute atomic E-state index is 0.0985. The van der Waals surface area contributed by atoms with Gasteiger partial charge in [-0.2, -0.15) is 0 Å². The molecule has 0 radical (unpaired) electrons. The van der Waals surface area contributed by atoms with Gasteiger partial charge in [-0.05, 0) is 18.8 Å². The summed E-state index contributed by atoms with van der Waals surface area (Å²) in [5, 5.41) is 9.17. The molecule has 5 heteroatoms. The topological polar surface area (TPSA) is 72.6 Å². The first-order chi connectivity index (χ1) is 7.29. The van der Waals surface area contributed by atoms with Crippen LogP contribution in [0.5, 0.6) is 0 Å². The maximum absolute atomic E-state index is 11.2. The van der Waals surface area contributed by atoms with Gasteiger partial charge < -0.3 is 14.3 Å². The van der Waals surface area contributed by atoms with Crippen LogP contribution >= 0.6 is 0 Å². The van der Waals surface area contributed by atoms with Crippen molar-refractivity contribution in [3.63, 3.8) is 0 Å². The van der Waals surface area contributed by atoms with Crippen molar-refractivity contribution in [2.45, 2.75) is 18.8 Å². The second-order valence-corrected chi connectivity index (χ2v) is 3.68. The average Bonchev–Trinajstić information content (AvgIpc) is 2.72. The van der Waals surface area contributed by atoms with E-state index in [1.54, 1.807) is 0 Å². The summed E-state index contributed by atoms with van der Waals surface area (Å²) in [7, 11) is 0. The summed E-state index contributed by atoms with van der Waals surface area (Å²) in [6.45, 7) is 1.26. The van der Waals surface area contributed by atoms with Gasteiger partial charge in [-0.15, -0.1) is 0 Å². The highest BCUT2D eigenvalue weighted by Gasteiger charge is 2.32. The molecule has 1 aromatic heterocycles. The highest BCUT2D eigenvalue weighted by molar-refractivity contribution is 5.75. The summed E-state index contributed by atoms with van der Waals surface area (Å²) >= 11 is 0. The maximum atomic E-state index is 11.2. The van der Waals surface area contributed by atoms with E-state index in [4.69, 9.17) is 9.15 Å². The summed E-state index contributed by atoms with van der Waals surface area (Å²) in [6, 6.07) is 0. The number of carboxylic acids is 1. The van der Waals surface area contributed by atoms with Crippen molar-refractivity contribution in [3.05, 3.63) is 18.4 Å². The molecule has 0 aromatic carbocycles. The largest absolute Gasteiger partial charge is 0.481 e. The maximum Gasteiger partial charge on any atom is 0.313 e. The number of hydrogen-bond donors (Lipinski definition) is 1. The van der Waals surface area contributed by atoms with E-state index < -0.39 is 11.9 Å². The van der Waals surface area contributed by atoms with Crippen molar-refractivity contribution in [1.29, 1.82) is 0 Å². The van der Waals surface area contributed by atoms with Crippen LogP contribution in [0.1, 0.15) is 24.5 Å². The molecule has 5 nitrogen and oxygen atoms in total. The molecule has 0 spiro atoms. The summed E-state index contributed by atoms with van der Waals surface area (Å²) in [4.78, 5) is 15.1. The van der Waals surface area contributed by atoms with Crippen molar-refractivity contribution in [2.24, 2.45) is 5.92 Å². The van der Waals surface area contributed by atoms with Gasteiger partial charge in [0.25, 0.3) is 0 Å². The van der Waals surface area contributed by atoms with Crippen LogP contribution in [0.25, 0.3) is 0 Å². The number of rotatable bonds is 3. The van der Waals surface area contributed by atoms with E-state index >= 15 is 0 Å². The number of aliphatic carboxylic acids is 1. The van der Waals surface area contributed by atoms with Crippen LogP contribution in [-0.4, -0.2) is 29.3 Å². The monoisotopic (exact) mass is 211 g/mol. The van der Waals surface area contributed by atoms with E-state index in [1.165, 1.54) is 12.7 Å². The van der Waals surface area contributed by atoms with Crippen LogP contribution in [-0.2, 0) is 9.53 Å². The molecule has 0 aliphatic carbocycles. The fraction of sp³-hybridized carbons (Fsp3) is 0.600. The molecular formula is C10H13NO4. The van der Waals surface area contributed by atoms with Gasteiger partial charge >= 0.3 is 5.97 Å². The fourth-order valence-corrected chi connectivity index (χ4v) is 1.99. The van der Waals surface area contributed by atoms with E-state index in [9.17, 15) is 9.90 Å². The predicted molar refractivity (Wildman–Crippen MR) is 50.4 cm³/mol. The summed E-state index contributed by atoms with van der Waals surface area (Å²) in [5.74, 6) is -1.30. The zero-order chi connectivity index (χ0) is 10.7. The zero-order valence-electron chi connectivity index (χ0n) is 8.26. The van der Waals surface area contributed by atoms with Gasteiger partial charge in [0.1, 0.15) is 12.2 Å². The van der Waals surface area contributed by atoms with Gasteiger partial charge in [0.15, 0.2) is 6.39 Å². The second kappa shape index (κ2) is 4.44. The van der Waals surface area contributed by atoms with Crippen molar-refractivity contribution in [3.8, 4) is 0 Å². The first kappa shape index (κ1) is 10.2. The number of carbonyl (C=O) groups is 1. The highest BCUT2D eigenvalue weighted by atomic mass is 16.5. The minimum Gasteiger partial charge on any atom is -0.481 e. The number of ether oxygens (including phenoxy) is 1. The van der Waals surface area contributed by atoms with Crippen molar-refractivity contribution < 1.29 is 19.1 Å². The fourth-order valence-electron chi connectivity index (χ4n) is 1.99. The smallest absolute Gasteiger partial charge is 0.313 e. The molecule has 1 saturated heterocycles. The lowest BCUT2D eigenvalue weighted by Gasteiger charge is -2.26.